The molecule has 0 bridgehead atoms. The Balaban J connectivity index is 2.15. The number of nitrogens with zero attached hydrogens (tertiary/aromatic N) is 3. The van der Waals surface area contributed by atoms with Crippen LogP contribution >= 0.6 is 11.6 Å². The molecule has 2 aromatic rings. The Morgan fingerprint density at radius 2 is 2.00 bits per heavy atom. The number of hydrogen-bond donors (Lipinski definition) is 0. The zero-order valence-electron chi connectivity index (χ0n) is 14.1. The van der Waals surface area contributed by atoms with E-state index in [-0.39, 0.29) is 25.5 Å². The number of halogens is 1. The van der Waals surface area contributed by atoms with Crippen LogP contribution in [0.15, 0.2) is 42.5 Å². The van der Waals surface area contributed by atoms with Crippen molar-refractivity contribution in [1.82, 2.24) is 0 Å². The molecule has 0 unspecified atom stereocenters. The van der Waals surface area contributed by atoms with E-state index in [0.29, 0.717) is 27.8 Å². The fourth-order valence-electron chi connectivity index (χ4n) is 2.28. The van der Waals surface area contributed by atoms with Gasteiger partial charge < -0.3 is 14.4 Å². The van der Waals surface area contributed by atoms with Crippen molar-refractivity contribution >= 4 is 23.2 Å². The molecule has 0 fully saturated rings. The lowest BCUT2D eigenvalue weighted by atomic mass is 10.2. The minimum absolute atomic E-state index is 0.179. The summed E-state index contributed by atoms with van der Waals surface area (Å²) in [5.41, 5.74) is 1.02. The Bertz CT molecular complexity index is 871. The molecule has 0 aliphatic rings. The molecule has 2 aromatic carbocycles. The van der Waals surface area contributed by atoms with E-state index in [0.717, 1.165) is 0 Å². The van der Waals surface area contributed by atoms with E-state index in [4.69, 9.17) is 31.6 Å². The Labute approximate surface area is 156 Å². The second kappa shape index (κ2) is 9.31. The van der Waals surface area contributed by atoms with Crippen molar-refractivity contribution in [1.29, 1.82) is 10.5 Å². The Morgan fingerprint density at radius 1 is 1.19 bits per heavy atom. The summed E-state index contributed by atoms with van der Waals surface area (Å²) >= 11 is 5.99. The zero-order valence-corrected chi connectivity index (χ0v) is 14.9. The first-order valence-electron chi connectivity index (χ1n) is 7.73. The van der Waals surface area contributed by atoms with Gasteiger partial charge in [0.1, 0.15) is 0 Å². The molecule has 7 heteroatoms. The number of rotatable bonds is 7. The number of anilines is 1. The minimum Gasteiger partial charge on any atom is -0.493 e. The average Bonchev–Trinajstić information content (AvgIpc) is 2.66. The topological polar surface area (TPSA) is 86.3 Å². The molecule has 0 N–H and O–H groups in total. The largest absolute Gasteiger partial charge is 0.493 e. The highest BCUT2D eigenvalue weighted by molar-refractivity contribution is 6.30. The third-order valence-electron chi connectivity index (χ3n) is 3.51. The van der Waals surface area contributed by atoms with Crippen LogP contribution in [0.2, 0.25) is 5.02 Å². The summed E-state index contributed by atoms with van der Waals surface area (Å²) in [6.45, 7) is -0.0241. The molecular formula is C19H16ClN3O3. The molecule has 26 heavy (non-hydrogen) atoms. The first kappa shape index (κ1) is 19.1. The van der Waals surface area contributed by atoms with Crippen molar-refractivity contribution in [3.63, 3.8) is 0 Å². The van der Waals surface area contributed by atoms with Gasteiger partial charge in [0.15, 0.2) is 18.1 Å². The molecule has 0 spiro atoms. The number of benzene rings is 2. The normalized spacial score (nSPS) is 9.69. The van der Waals surface area contributed by atoms with Crippen molar-refractivity contribution < 1.29 is 14.3 Å². The Hall–Kier alpha value is -3.22. The Kier molecular flexibility index (Phi) is 6.84. The maximum Gasteiger partial charge on any atom is 0.264 e. The number of methoxy groups -OCH3 is 1. The van der Waals surface area contributed by atoms with Crippen LogP contribution in [0.4, 0.5) is 5.69 Å². The van der Waals surface area contributed by atoms with Crippen LogP contribution in [-0.2, 0) is 4.79 Å². The van der Waals surface area contributed by atoms with Gasteiger partial charge in [-0.2, -0.15) is 10.5 Å². The highest BCUT2D eigenvalue weighted by Crippen LogP contribution is 2.28. The standard InChI is InChI=1S/C19H16ClN3O3/c1-25-18-10-14(12-22)6-7-17(18)26-13-19(24)23(9-3-8-21)16-5-2-4-15(20)11-16/h2,4-7,10-11H,3,9,13H2,1H3. The first-order chi connectivity index (χ1) is 12.6. The third-order valence-corrected chi connectivity index (χ3v) is 3.75. The molecule has 0 atom stereocenters. The van der Waals surface area contributed by atoms with E-state index in [1.54, 1.807) is 36.4 Å². The smallest absolute Gasteiger partial charge is 0.264 e. The van der Waals surface area contributed by atoms with Gasteiger partial charge in [-0.05, 0) is 30.3 Å². The van der Waals surface area contributed by atoms with Crippen LogP contribution in [0.3, 0.4) is 0 Å². The predicted molar refractivity (Wildman–Crippen MR) is 97.2 cm³/mol. The maximum absolute atomic E-state index is 12.6. The fraction of sp³-hybridized carbons (Fsp3) is 0.211. The summed E-state index contributed by atoms with van der Waals surface area (Å²) < 4.78 is 10.7. The molecule has 2 rings (SSSR count). The van der Waals surface area contributed by atoms with Crippen molar-refractivity contribution in [3.05, 3.63) is 53.1 Å². The van der Waals surface area contributed by atoms with Crippen molar-refractivity contribution in [2.45, 2.75) is 6.42 Å². The summed E-state index contributed by atoms with van der Waals surface area (Å²) in [5.74, 6) is 0.392. The lowest BCUT2D eigenvalue weighted by Crippen LogP contribution is -2.35. The van der Waals surface area contributed by atoms with Crippen LogP contribution in [0.25, 0.3) is 0 Å². The molecular weight excluding hydrogens is 354 g/mol. The summed E-state index contributed by atoms with van der Waals surface area (Å²) in [4.78, 5) is 14.1. The second-order valence-electron chi connectivity index (χ2n) is 5.20. The molecule has 0 saturated carbocycles. The summed E-state index contributed by atoms with van der Waals surface area (Å²) in [6, 6.07) is 15.5. The van der Waals surface area contributed by atoms with Gasteiger partial charge in [0.25, 0.3) is 5.91 Å². The van der Waals surface area contributed by atoms with Crippen molar-refractivity contribution in [3.8, 4) is 23.6 Å². The minimum atomic E-state index is -0.325. The van der Waals surface area contributed by atoms with E-state index in [1.165, 1.54) is 18.1 Å². The molecule has 0 saturated heterocycles. The SMILES string of the molecule is COc1cc(C#N)ccc1OCC(=O)N(CCC#N)c1cccc(Cl)c1. The van der Waals surface area contributed by atoms with E-state index in [2.05, 4.69) is 0 Å². The van der Waals surface area contributed by atoms with E-state index in [9.17, 15) is 4.79 Å². The molecule has 0 aliphatic heterocycles. The molecule has 132 valence electrons. The van der Waals surface area contributed by atoms with Gasteiger partial charge in [0, 0.05) is 23.3 Å². The van der Waals surface area contributed by atoms with Crippen LogP contribution in [-0.4, -0.2) is 26.2 Å². The third kappa shape index (κ3) is 4.89. The summed E-state index contributed by atoms with van der Waals surface area (Å²) in [6.07, 6.45) is 0.179. The molecule has 1 amide bonds. The molecule has 0 aliphatic carbocycles. The van der Waals surface area contributed by atoms with E-state index in [1.807, 2.05) is 12.1 Å². The number of carbonyl (C=O) groups is 1. The quantitative estimate of drug-likeness (QED) is 0.744. The van der Waals surface area contributed by atoms with Gasteiger partial charge in [-0.15, -0.1) is 0 Å². The van der Waals surface area contributed by atoms with Crippen molar-refractivity contribution in [2.24, 2.45) is 0 Å². The highest BCUT2D eigenvalue weighted by atomic mass is 35.5. The molecule has 6 nitrogen and oxygen atoms in total. The zero-order chi connectivity index (χ0) is 18.9. The lowest BCUT2D eigenvalue weighted by molar-refractivity contribution is -0.120. The van der Waals surface area contributed by atoms with Crippen LogP contribution in [0.1, 0.15) is 12.0 Å². The summed E-state index contributed by atoms with van der Waals surface area (Å²) in [5, 5.41) is 18.3. The second-order valence-corrected chi connectivity index (χ2v) is 5.64. The highest BCUT2D eigenvalue weighted by Gasteiger charge is 2.17. The molecule has 0 radical (unpaired) electrons. The summed E-state index contributed by atoms with van der Waals surface area (Å²) in [7, 11) is 1.45. The molecule has 0 heterocycles. The lowest BCUT2D eigenvalue weighted by Gasteiger charge is -2.22. The van der Waals surface area contributed by atoms with E-state index < -0.39 is 0 Å². The number of carbonyl (C=O) groups excluding carboxylic acids is 1. The van der Waals surface area contributed by atoms with Crippen LogP contribution in [0.5, 0.6) is 11.5 Å². The molecule has 0 aromatic heterocycles. The first-order valence-corrected chi connectivity index (χ1v) is 8.10. The van der Waals surface area contributed by atoms with Crippen LogP contribution < -0.4 is 14.4 Å². The van der Waals surface area contributed by atoms with E-state index >= 15 is 0 Å². The van der Waals surface area contributed by atoms with Gasteiger partial charge in [-0.25, -0.2) is 0 Å². The number of nitriles is 2. The number of ether oxygens (including phenoxy) is 2. The van der Waals surface area contributed by atoms with Gasteiger partial charge >= 0.3 is 0 Å². The maximum atomic E-state index is 12.6. The van der Waals surface area contributed by atoms with Crippen LogP contribution in [0, 0.1) is 22.7 Å². The van der Waals surface area contributed by atoms with Crippen molar-refractivity contribution in [2.75, 3.05) is 25.2 Å². The number of amides is 1. The predicted octanol–water partition coefficient (Wildman–Crippen LogP) is 3.55. The monoisotopic (exact) mass is 369 g/mol. The van der Waals surface area contributed by atoms with Gasteiger partial charge in [-0.1, -0.05) is 17.7 Å². The van der Waals surface area contributed by atoms with Gasteiger partial charge in [0.2, 0.25) is 0 Å². The average molecular weight is 370 g/mol. The Morgan fingerprint density at radius 3 is 2.65 bits per heavy atom. The number of hydrogen-bond acceptors (Lipinski definition) is 5. The fourth-order valence-corrected chi connectivity index (χ4v) is 2.46. The van der Waals surface area contributed by atoms with Gasteiger partial charge in [-0.3, -0.25) is 4.79 Å². The van der Waals surface area contributed by atoms with Gasteiger partial charge in [0.05, 0.1) is 31.2 Å².